The van der Waals surface area contributed by atoms with Crippen molar-refractivity contribution in [2.45, 2.75) is 38.3 Å². The highest BCUT2D eigenvalue weighted by molar-refractivity contribution is 7.10. The molecule has 1 unspecified atom stereocenters. The molecule has 2 N–H and O–H groups in total. The lowest BCUT2D eigenvalue weighted by atomic mass is 10.0. The van der Waals surface area contributed by atoms with E-state index < -0.39 is 12.0 Å². The van der Waals surface area contributed by atoms with Gasteiger partial charge in [0.2, 0.25) is 0 Å². The van der Waals surface area contributed by atoms with Crippen molar-refractivity contribution in [3.05, 3.63) is 22.4 Å². The predicted molar refractivity (Wildman–Crippen MR) is 73.2 cm³/mol. The van der Waals surface area contributed by atoms with Gasteiger partial charge >= 0.3 is 12.0 Å². The molecule has 0 aromatic carbocycles. The molecule has 2 heterocycles. The Bertz CT molecular complexity index is 470. The molecule has 0 bridgehead atoms. The van der Waals surface area contributed by atoms with Gasteiger partial charge in [0.25, 0.3) is 0 Å². The molecule has 2 amide bonds. The van der Waals surface area contributed by atoms with Crippen LogP contribution < -0.4 is 5.32 Å². The minimum atomic E-state index is -1.03. The second-order valence-electron chi connectivity index (χ2n) is 5.30. The topological polar surface area (TPSA) is 69.6 Å². The van der Waals surface area contributed by atoms with Crippen LogP contribution in [0.15, 0.2) is 17.5 Å². The number of amides is 2. The molecule has 0 radical (unpaired) electrons. The number of nitrogens with one attached hydrogen (secondary N) is 1. The average molecular weight is 282 g/mol. The van der Waals surface area contributed by atoms with Crippen molar-refractivity contribution in [2.75, 3.05) is 6.54 Å². The van der Waals surface area contributed by atoms with Crippen LogP contribution >= 0.6 is 11.3 Å². The summed E-state index contributed by atoms with van der Waals surface area (Å²) in [6, 6.07) is 2.23. The van der Waals surface area contributed by atoms with Gasteiger partial charge in [-0.3, -0.25) is 0 Å². The van der Waals surface area contributed by atoms with E-state index in [4.69, 9.17) is 0 Å². The van der Waals surface area contributed by atoms with Crippen LogP contribution in [0.25, 0.3) is 0 Å². The Morgan fingerprint density at radius 2 is 2.26 bits per heavy atom. The second kappa shape index (κ2) is 5.21. The van der Waals surface area contributed by atoms with Gasteiger partial charge in [-0.1, -0.05) is 6.07 Å². The Morgan fingerprint density at radius 1 is 1.53 bits per heavy atom. The number of carbonyl (C=O) groups excluding carboxylic acids is 1. The summed E-state index contributed by atoms with van der Waals surface area (Å²) in [7, 11) is 0. The van der Waals surface area contributed by atoms with Crippen LogP contribution in [0.5, 0.6) is 0 Å². The molecular formula is C13H18N2O3S. The van der Waals surface area contributed by atoms with Crippen molar-refractivity contribution in [2.24, 2.45) is 0 Å². The molecule has 1 aliphatic rings. The highest BCUT2D eigenvalue weighted by Crippen LogP contribution is 2.29. The quantitative estimate of drug-likeness (QED) is 0.894. The zero-order valence-corrected chi connectivity index (χ0v) is 11.9. The van der Waals surface area contributed by atoms with Gasteiger partial charge in [0, 0.05) is 17.0 Å². The number of likely N-dealkylation sites (tertiary alicyclic amines) is 1. The molecule has 1 fully saturated rings. The molecule has 1 atom stereocenters. The Morgan fingerprint density at radius 3 is 2.74 bits per heavy atom. The lowest BCUT2D eigenvalue weighted by Gasteiger charge is -2.32. The summed E-state index contributed by atoms with van der Waals surface area (Å²) < 4.78 is 0. The van der Waals surface area contributed by atoms with Crippen molar-refractivity contribution in [1.82, 2.24) is 10.2 Å². The first-order valence-electron chi connectivity index (χ1n) is 6.26. The van der Waals surface area contributed by atoms with Crippen molar-refractivity contribution in [1.29, 1.82) is 0 Å². The van der Waals surface area contributed by atoms with Crippen molar-refractivity contribution < 1.29 is 14.7 Å². The normalized spacial score (nSPS) is 19.2. The minimum absolute atomic E-state index is 0.206. The first-order valence-corrected chi connectivity index (χ1v) is 7.14. The van der Waals surface area contributed by atoms with Crippen LogP contribution in [0.2, 0.25) is 0 Å². The number of aliphatic carboxylic acids is 1. The summed E-state index contributed by atoms with van der Waals surface area (Å²) in [4.78, 5) is 25.9. The Kier molecular flexibility index (Phi) is 3.80. The lowest BCUT2D eigenvalue weighted by molar-refractivity contribution is -0.139. The molecule has 1 saturated heterocycles. The van der Waals surface area contributed by atoms with Crippen molar-refractivity contribution >= 4 is 23.3 Å². The maximum atomic E-state index is 12.2. The van der Waals surface area contributed by atoms with E-state index in [1.165, 1.54) is 11.3 Å². The highest BCUT2D eigenvalue weighted by atomic mass is 32.1. The van der Waals surface area contributed by atoms with E-state index >= 15 is 0 Å². The van der Waals surface area contributed by atoms with Gasteiger partial charge in [0.1, 0.15) is 0 Å². The average Bonchev–Trinajstić information content (AvgIpc) is 2.94. The molecule has 1 aromatic rings. The number of hydrogen-bond donors (Lipinski definition) is 2. The fourth-order valence-electron chi connectivity index (χ4n) is 2.40. The Hall–Kier alpha value is -1.56. The fourth-order valence-corrected chi connectivity index (χ4v) is 3.16. The van der Waals surface area contributed by atoms with Gasteiger partial charge in [-0.2, -0.15) is 0 Å². The fraction of sp³-hybridized carbons (Fsp3) is 0.538. The Balaban J connectivity index is 2.10. The molecule has 19 heavy (non-hydrogen) atoms. The van der Waals surface area contributed by atoms with Crippen LogP contribution in [-0.4, -0.2) is 34.1 Å². The third-order valence-corrected chi connectivity index (χ3v) is 4.43. The summed E-state index contributed by atoms with van der Waals surface area (Å²) in [5.41, 5.74) is -0.206. The molecule has 0 saturated carbocycles. The SMILES string of the molecule is CC1(C)CCCN1C(=O)NC(C(=O)O)c1cccs1. The van der Waals surface area contributed by atoms with Crippen LogP contribution in [0.1, 0.15) is 37.6 Å². The largest absolute Gasteiger partial charge is 0.479 e. The smallest absolute Gasteiger partial charge is 0.331 e. The zero-order chi connectivity index (χ0) is 14.0. The first-order chi connectivity index (χ1) is 8.92. The predicted octanol–water partition coefficient (Wildman–Crippen LogP) is 2.46. The summed E-state index contributed by atoms with van der Waals surface area (Å²) in [6.07, 6.45) is 1.90. The monoisotopic (exact) mass is 282 g/mol. The van der Waals surface area contributed by atoms with Gasteiger partial charge in [-0.15, -0.1) is 11.3 Å². The maximum Gasteiger partial charge on any atom is 0.331 e. The number of hydrogen-bond acceptors (Lipinski definition) is 3. The summed E-state index contributed by atoms with van der Waals surface area (Å²) >= 11 is 1.33. The molecule has 1 aliphatic heterocycles. The number of carbonyl (C=O) groups is 2. The zero-order valence-electron chi connectivity index (χ0n) is 11.0. The van der Waals surface area contributed by atoms with E-state index in [0.29, 0.717) is 11.4 Å². The van der Waals surface area contributed by atoms with Crippen LogP contribution in [0.3, 0.4) is 0 Å². The lowest BCUT2D eigenvalue weighted by Crippen LogP contribution is -2.49. The molecule has 0 spiro atoms. The number of rotatable bonds is 3. The molecule has 0 aliphatic carbocycles. The number of nitrogens with zero attached hydrogens (tertiary/aromatic N) is 1. The van der Waals surface area contributed by atoms with Gasteiger partial charge in [-0.05, 0) is 38.1 Å². The first kappa shape index (κ1) is 13.9. The standard InChI is InChI=1S/C13H18N2O3S/c1-13(2)6-4-7-15(13)12(18)14-10(11(16)17)9-5-3-8-19-9/h3,5,8,10H,4,6-7H2,1-2H3,(H,14,18)(H,16,17). The van der Waals surface area contributed by atoms with E-state index in [-0.39, 0.29) is 11.6 Å². The van der Waals surface area contributed by atoms with Gasteiger partial charge < -0.3 is 15.3 Å². The molecule has 104 valence electrons. The van der Waals surface area contributed by atoms with E-state index in [2.05, 4.69) is 5.32 Å². The van der Waals surface area contributed by atoms with Crippen LogP contribution in [0, 0.1) is 0 Å². The molecule has 1 aromatic heterocycles. The van der Waals surface area contributed by atoms with Gasteiger partial charge in [0.05, 0.1) is 0 Å². The van der Waals surface area contributed by atoms with Gasteiger partial charge in [0.15, 0.2) is 6.04 Å². The molecule has 2 rings (SSSR count). The Labute approximate surface area is 116 Å². The van der Waals surface area contributed by atoms with Crippen molar-refractivity contribution in [3.8, 4) is 0 Å². The van der Waals surface area contributed by atoms with Crippen LogP contribution in [-0.2, 0) is 4.79 Å². The summed E-state index contributed by atoms with van der Waals surface area (Å²) in [5.74, 6) is -1.03. The minimum Gasteiger partial charge on any atom is -0.479 e. The van der Waals surface area contributed by atoms with E-state index in [1.807, 2.05) is 13.8 Å². The summed E-state index contributed by atoms with van der Waals surface area (Å²) in [6.45, 7) is 4.68. The third kappa shape index (κ3) is 2.89. The number of carboxylic acid groups (broad SMARTS) is 1. The van der Waals surface area contributed by atoms with E-state index in [9.17, 15) is 14.7 Å². The molecule has 5 nitrogen and oxygen atoms in total. The molecular weight excluding hydrogens is 264 g/mol. The summed E-state index contributed by atoms with van der Waals surface area (Å²) in [5, 5.41) is 13.7. The highest BCUT2D eigenvalue weighted by Gasteiger charge is 2.37. The maximum absolute atomic E-state index is 12.2. The van der Waals surface area contributed by atoms with Crippen LogP contribution in [0.4, 0.5) is 4.79 Å². The van der Waals surface area contributed by atoms with E-state index in [0.717, 1.165) is 12.8 Å². The number of thiophene rings is 1. The number of urea groups is 1. The second-order valence-corrected chi connectivity index (χ2v) is 6.28. The van der Waals surface area contributed by atoms with E-state index in [1.54, 1.807) is 22.4 Å². The van der Waals surface area contributed by atoms with Crippen molar-refractivity contribution in [3.63, 3.8) is 0 Å². The third-order valence-electron chi connectivity index (χ3n) is 3.49. The van der Waals surface area contributed by atoms with Gasteiger partial charge in [-0.25, -0.2) is 9.59 Å². The number of carboxylic acids is 1. The molecule has 6 heteroatoms.